The topological polar surface area (TPSA) is 80.7 Å². The molecule has 0 saturated heterocycles. The smallest absolute Gasteiger partial charge is 0.307 e. The minimum Gasteiger partial charge on any atom is -0.481 e. The highest BCUT2D eigenvalue weighted by Crippen LogP contribution is 2.37. The summed E-state index contributed by atoms with van der Waals surface area (Å²) in [4.78, 5) is 10.9. The number of carboxylic acids is 1. The van der Waals surface area contributed by atoms with Crippen LogP contribution in [0.4, 0.5) is 8.78 Å². The van der Waals surface area contributed by atoms with Crippen molar-refractivity contribution in [3.63, 3.8) is 0 Å². The first kappa shape index (κ1) is 19.8. The van der Waals surface area contributed by atoms with Crippen molar-refractivity contribution in [1.82, 2.24) is 0 Å². The lowest BCUT2D eigenvalue weighted by molar-refractivity contribution is -0.136. The van der Waals surface area contributed by atoms with Gasteiger partial charge in [0.05, 0.1) is 11.3 Å². The minimum absolute atomic E-state index is 0.110. The summed E-state index contributed by atoms with van der Waals surface area (Å²) in [5, 5.41) is 10.0. The molecule has 0 aliphatic heterocycles. The SMILES string of the molecule is Cc1c(CC(=O)O)cc2ccc(F)cc2c1Oc1ccc(S(C)(=O)=O)cc1F. The van der Waals surface area contributed by atoms with Crippen LogP contribution < -0.4 is 4.74 Å². The lowest BCUT2D eigenvalue weighted by Crippen LogP contribution is -2.04. The maximum atomic E-state index is 14.4. The fraction of sp³-hybridized carbons (Fsp3) is 0.150. The van der Waals surface area contributed by atoms with Gasteiger partial charge in [0.2, 0.25) is 0 Å². The van der Waals surface area contributed by atoms with Crippen LogP contribution in [0, 0.1) is 18.6 Å². The summed E-state index contributed by atoms with van der Waals surface area (Å²) in [6.07, 6.45) is 0.670. The Bertz CT molecular complexity index is 1200. The van der Waals surface area contributed by atoms with Crippen molar-refractivity contribution < 1.29 is 31.8 Å². The Morgan fingerprint density at radius 2 is 1.82 bits per heavy atom. The van der Waals surface area contributed by atoms with E-state index in [0.717, 1.165) is 12.3 Å². The van der Waals surface area contributed by atoms with Gasteiger partial charge in [-0.05, 0) is 53.8 Å². The van der Waals surface area contributed by atoms with Crippen LogP contribution in [0.5, 0.6) is 11.5 Å². The van der Waals surface area contributed by atoms with E-state index in [0.29, 0.717) is 21.9 Å². The van der Waals surface area contributed by atoms with Gasteiger partial charge in [0.1, 0.15) is 11.6 Å². The van der Waals surface area contributed by atoms with Gasteiger partial charge in [-0.1, -0.05) is 12.1 Å². The molecule has 0 heterocycles. The summed E-state index contributed by atoms with van der Waals surface area (Å²) in [5.41, 5.74) is 0.863. The first-order chi connectivity index (χ1) is 13.1. The minimum atomic E-state index is -3.59. The maximum absolute atomic E-state index is 14.4. The average Bonchev–Trinajstić information content (AvgIpc) is 2.59. The van der Waals surface area contributed by atoms with E-state index >= 15 is 0 Å². The molecule has 0 radical (unpaired) electrons. The number of hydrogen-bond donors (Lipinski definition) is 1. The Hall–Kier alpha value is -3.00. The molecule has 3 rings (SSSR count). The van der Waals surface area contributed by atoms with Crippen molar-refractivity contribution >= 4 is 26.6 Å². The predicted octanol–water partition coefficient (Wildman–Crippen LogP) is 4.25. The third-order valence-corrected chi connectivity index (χ3v) is 5.41. The van der Waals surface area contributed by atoms with E-state index in [1.54, 1.807) is 13.0 Å². The van der Waals surface area contributed by atoms with E-state index in [1.807, 2.05) is 0 Å². The molecule has 146 valence electrons. The van der Waals surface area contributed by atoms with Crippen LogP contribution in [-0.4, -0.2) is 25.7 Å². The second kappa shape index (κ2) is 7.20. The molecule has 28 heavy (non-hydrogen) atoms. The van der Waals surface area contributed by atoms with E-state index in [-0.39, 0.29) is 22.8 Å². The molecule has 0 aliphatic carbocycles. The van der Waals surface area contributed by atoms with Gasteiger partial charge in [-0.3, -0.25) is 4.79 Å². The summed E-state index contributed by atoms with van der Waals surface area (Å²) >= 11 is 0. The van der Waals surface area contributed by atoms with E-state index in [1.165, 1.54) is 30.3 Å². The van der Waals surface area contributed by atoms with Gasteiger partial charge < -0.3 is 9.84 Å². The van der Waals surface area contributed by atoms with Gasteiger partial charge in [-0.15, -0.1) is 0 Å². The number of halogens is 2. The molecule has 0 aromatic heterocycles. The Kier molecular flexibility index (Phi) is 5.08. The van der Waals surface area contributed by atoms with Crippen LogP contribution in [0.25, 0.3) is 10.8 Å². The van der Waals surface area contributed by atoms with Crippen molar-refractivity contribution in [2.45, 2.75) is 18.2 Å². The summed E-state index contributed by atoms with van der Waals surface area (Å²) in [6, 6.07) is 8.75. The number of hydrogen-bond acceptors (Lipinski definition) is 4. The Balaban J connectivity index is 2.17. The number of rotatable bonds is 5. The summed E-state index contributed by atoms with van der Waals surface area (Å²) in [7, 11) is -3.59. The fourth-order valence-corrected chi connectivity index (χ4v) is 3.51. The highest BCUT2D eigenvalue weighted by molar-refractivity contribution is 7.90. The van der Waals surface area contributed by atoms with Crippen molar-refractivity contribution in [3.8, 4) is 11.5 Å². The molecule has 1 N–H and O–H groups in total. The Morgan fingerprint density at radius 1 is 1.11 bits per heavy atom. The Morgan fingerprint density at radius 3 is 2.43 bits per heavy atom. The lowest BCUT2D eigenvalue weighted by atomic mass is 9.98. The second-order valence-corrected chi connectivity index (χ2v) is 8.41. The van der Waals surface area contributed by atoms with Gasteiger partial charge >= 0.3 is 5.97 Å². The van der Waals surface area contributed by atoms with Gasteiger partial charge in [0, 0.05) is 11.6 Å². The van der Waals surface area contributed by atoms with Crippen LogP contribution in [0.3, 0.4) is 0 Å². The van der Waals surface area contributed by atoms with Crippen LogP contribution in [0.15, 0.2) is 47.4 Å². The highest BCUT2D eigenvalue weighted by Gasteiger charge is 2.18. The molecule has 0 aliphatic rings. The van der Waals surface area contributed by atoms with Gasteiger partial charge in [0.25, 0.3) is 0 Å². The van der Waals surface area contributed by atoms with Crippen molar-refractivity contribution in [2.75, 3.05) is 6.26 Å². The van der Waals surface area contributed by atoms with Crippen molar-refractivity contribution in [2.24, 2.45) is 0 Å². The third-order valence-electron chi connectivity index (χ3n) is 4.30. The van der Waals surface area contributed by atoms with Gasteiger partial charge in [-0.25, -0.2) is 17.2 Å². The first-order valence-electron chi connectivity index (χ1n) is 8.17. The first-order valence-corrected chi connectivity index (χ1v) is 10.1. The number of sulfone groups is 1. The molecule has 0 saturated carbocycles. The summed E-state index contributed by atoms with van der Waals surface area (Å²) in [5.74, 6) is -2.64. The number of benzene rings is 3. The largest absolute Gasteiger partial charge is 0.481 e. The number of fused-ring (bicyclic) bond motifs is 1. The predicted molar refractivity (Wildman–Crippen MR) is 99.6 cm³/mol. The van der Waals surface area contributed by atoms with E-state index < -0.39 is 27.4 Å². The highest BCUT2D eigenvalue weighted by atomic mass is 32.2. The molecule has 3 aromatic rings. The number of carbonyl (C=O) groups is 1. The standard InChI is InChI=1S/C20H16F2O5S/c1-11-13(8-19(23)24)7-12-3-4-14(21)9-16(12)20(11)27-18-6-5-15(10-17(18)22)28(2,25)26/h3-7,9-10H,8H2,1-2H3,(H,23,24). The Labute approximate surface area is 160 Å². The van der Waals surface area contributed by atoms with E-state index in [9.17, 15) is 22.0 Å². The van der Waals surface area contributed by atoms with Crippen LogP contribution in [-0.2, 0) is 21.1 Å². The zero-order valence-corrected chi connectivity index (χ0v) is 15.8. The monoisotopic (exact) mass is 406 g/mol. The maximum Gasteiger partial charge on any atom is 0.307 e. The van der Waals surface area contributed by atoms with E-state index in [4.69, 9.17) is 9.84 Å². The second-order valence-electron chi connectivity index (χ2n) is 6.39. The molecule has 0 amide bonds. The molecule has 0 spiro atoms. The number of aliphatic carboxylic acids is 1. The molecular formula is C20H16F2O5S. The summed E-state index contributed by atoms with van der Waals surface area (Å²) < 4.78 is 57.0. The lowest BCUT2D eigenvalue weighted by Gasteiger charge is -2.16. The number of carboxylic acid groups (broad SMARTS) is 1. The summed E-state index contributed by atoms with van der Waals surface area (Å²) in [6.45, 7) is 1.60. The molecule has 3 aromatic carbocycles. The quantitative estimate of drug-likeness (QED) is 0.685. The van der Waals surface area contributed by atoms with Crippen LogP contribution in [0.1, 0.15) is 11.1 Å². The van der Waals surface area contributed by atoms with Gasteiger partial charge in [-0.2, -0.15) is 0 Å². The number of ether oxygens (including phenoxy) is 1. The zero-order valence-electron chi connectivity index (χ0n) is 15.0. The zero-order chi connectivity index (χ0) is 20.6. The van der Waals surface area contributed by atoms with E-state index in [2.05, 4.69) is 0 Å². The molecule has 0 unspecified atom stereocenters. The average molecular weight is 406 g/mol. The molecule has 0 fully saturated rings. The molecule has 0 bridgehead atoms. The molecule has 8 heteroatoms. The fourth-order valence-electron chi connectivity index (χ4n) is 2.88. The third kappa shape index (κ3) is 3.96. The van der Waals surface area contributed by atoms with Crippen molar-refractivity contribution in [1.29, 1.82) is 0 Å². The van der Waals surface area contributed by atoms with Crippen molar-refractivity contribution in [3.05, 3.63) is 65.2 Å². The molecule has 5 nitrogen and oxygen atoms in total. The normalized spacial score (nSPS) is 11.6. The molecule has 0 atom stereocenters. The molecular weight excluding hydrogens is 390 g/mol. The van der Waals surface area contributed by atoms with Crippen LogP contribution >= 0.6 is 0 Å². The van der Waals surface area contributed by atoms with Crippen LogP contribution in [0.2, 0.25) is 0 Å². The van der Waals surface area contributed by atoms with Gasteiger partial charge in [0.15, 0.2) is 21.4 Å².